The van der Waals surface area contributed by atoms with E-state index in [1.165, 1.54) is 28.3 Å². The molecule has 0 aromatic heterocycles. The Hall–Kier alpha value is -2.94. The maximum absolute atomic E-state index is 12.9. The lowest BCUT2D eigenvalue weighted by Gasteiger charge is -2.24. The number of unbranched alkanes of at least 4 members (excludes halogenated alkanes) is 1. The summed E-state index contributed by atoms with van der Waals surface area (Å²) in [6, 6.07) is 5.78. The molecule has 29 heavy (non-hydrogen) atoms. The molecule has 3 rings (SSSR count). The number of fused-ring (bicyclic) bond motifs is 1. The summed E-state index contributed by atoms with van der Waals surface area (Å²) in [5.41, 5.74) is 1.39. The van der Waals surface area contributed by atoms with Crippen LogP contribution < -0.4 is 5.32 Å². The first-order chi connectivity index (χ1) is 14.0. The van der Waals surface area contributed by atoms with Crippen molar-refractivity contribution in [2.75, 3.05) is 25.5 Å². The van der Waals surface area contributed by atoms with E-state index in [9.17, 15) is 19.2 Å². The summed E-state index contributed by atoms with van der Waals surface area (Å²) in [7, 11) is 1.29. The number of benzene rings is 1. The maximum Gasteiger partial charge on any atom is 0.501 e. The number of carbonyl (C=O) groups is 4. The van der Waals surface area contributed by atoms with Crippen molar-refractivity contribution in [3.63, 3.8) is 0 Å². The molecule has 2 aliphatic rings. The van der Waals surface area contributed by atoms with Crippen molar-refractivity contribution in [3.8, 4) is 0 Å². The number of esters is 1. The van der Waals surface area contributed by atoms with Crippen molar-refractivity contribution < 1.29 is 28.5 Å². The molecule has 0 aliphatic carbocycles. The molecule has 9 heteroatoms. The van der Waals surface area contributed by atoms with Crippen LogP contribution in [0.3, 0.4) is 0 Å². The van der Waals surface area contributed by atoms with E-state index < -0.39 is 23.2 Å². The van der Waals surface area contributed by atoms with E-state index in [1.807, 2.05) is 6.92 Å². The average Bonchev–Trinajstić information content (AvgIpc) is 3.21. The smallest absolute Gasteiger partial charge is 0.465 e. The van der Waals surface area contributed by atoms with Crippen LogP contribution in [0.4, 0.5) is 10.5 Å². The lowest BCUT2D eigenvalue weighted by Crippen LogP contribution is -2.56. The molecule has 1 aromatic rings. The fourth-order valence-electron chi connectivity index (χ4n) is 3.09. The van der Waals surface area contributed by atoms with Crippen LogP contribution >= 0.6 is 11.8 Å². The molecule has 1 atom stereocenters. The molecule has 2 aliphatic heterocycles. The number of urea groups is 1. The van der Waals surface area contributed by atoms with E-state index in [2.05, 4.69) is 10.1 Å². The fraction of sp³-hybridized carbons (Fsp3) is 0.350. The summed E-state index contributed by atoms with van der Waals surface area (Å²) in [4.78, 5) is 50.7. The van der Waals surface area contributed by atoms with E-state index in [1.54, 1.807) is 35.7 Å². The molecule has 1 unspecified atom stereocenters. The minimum absolute atomic E-state index is 0.204. The minimum Gasteiger partial charge on any atom is -0.465 e. The van der Waals surface area contributed by atoms with Gasteiger partial charge >= 0.3 is 17.9 Å². The lowest BCUT2D eigenvalue weighted by molar-refractivity contribution is -0.425. The number of carbonyl (C=O) groups excluding carboxylic acids is 4. The number of nitrogens with one attached hydrogen (secondary N) is 1. The standard InChI is InChI=1S/C20H21N3O5S/c1-3-4-10-22-18(25)17-15(9-11-29-17)23(20(22)27)12-16(24)21-14-7-5-13(6-8-14)19(26)28-2/h5-9,11,17H,3-4,10,12H2,1-2H3/p+1. The highest BCUT2D eigenvalue weighted by Crippen LogP contribution is 2.28. The summed E-state index contributed by atoms with van der Waals surface area (Å²) in [5, 5.41) is 3.99. The number of thioether (sulfide) groups is 1. The van der Waals surface area contributed by atoms with Gasteiger partial charge in [0.1, 0.15) is 5.71 Å². The van der Waals surface area contributed by atoms with E-state index in [0.717, 1.165) is 6.42 Å². The Morgan fingerprint density at radius 2 is 1.97 bits per heavy atom. The van der Waals surface area contributed by atoms with Crippen molar-refractivity contribution in [1.82, 2.24) is 4.90 Å². The highest BCUT2D eigenvalue weighted by Gasteiger charge is 2.49. The molecule has 4 amide bonds. The Labute approximate surface area is 172 Å². The zero-order valence-corrected chi connectivity index (χ0v) is 17.0. The number of hydrogen-bond acceptors (Lipinski definition) is 6. The van der Waals surface area contributed by atoms with Crippen LogP contribution in [0.1, 0.15) is 30.1 Å². The van der Waals surface area contributed by atoms with E-state index >= 15 is 0 Å². The molecule has 0 spiro atoms. The monoisotopic (exact) mass is 416 g/mol. The summed E-state index contributed by atoms with van der Waals surface area (Å²) in [6.45, 7) is 2.12. The quantitative estimate of drug-likeness (QED) is 0.541. The first-order valence-electron chi connectivity index (χ1n) is 9.26. The van der Waals surface area contributed by atoms with Crippen LogP contribution in [0.25, 0.3) is 0 Å². The second-order valence-electron chi connectivity index (χ2n) is 6.57. The van der Waals surface area contributed by atoms with Crippen LogP contribution in [0.5, 0.6) is 0 Å². The normalized spacial score (nSPS) is 18.1. The summed E-state index contributed by atoms with van der Waals surface area (Å²) < 4.78 is 6.00. The van der Waals surface area contributed by atoms with Crippen molar-refractivity contribution >= 4 is 47.0 Å². The molecule has 0 saturated carbocycles. The predicted molar refractivity (Wildman–Crippen MR) is 109 cm³/mol. The number of amides is 4. The minimum atomic E-state index is -0.489. The number of methoxy groups -OCH3 is 1. The van der Waals surface area contributed by atoms with E-state index in [0.29, 0.717) is 29.9 Å². The first kappa shape index (κ1) is 20.8. The van der Waals surface area contributed by atoms with Gasteiger partial charge in [0.05, 0.1) is 19.2 Å². The molecule has 0 radical (unpaired) electrons. The van der Waals surface area contributed by atoms with Gasteiger partial charge in [-0.2, -0.15) is 14.3 Å². The molecule has 0 bridgehead atoms. The maximum atomic E-state index is 12.9. The number of ether oxygens (including phenoxy) is 1. The topological polar surface area (TPSA) is 95.8 Å². The molecule has 0 fully saturated rings. The molecule has 2 heterocycles. The molecule has 1 aromatic carbocycles. The second-order valence-corrected chi connectivity index (χ2v) is 7.59. The summed E-state index contributed by atoms with van der Waals surface area (Å²) >= 11 is 1.34. The summed E-state index contributed by atoms with van der Waals surface area (Å²) in [5.74, 6) is -1.10. The van der Waals surface area contributed by atoms with Gasteiger partial charge in [0.15, 0.2) is 11.8 Å². The van der Waals surface area contributed by atoms with Gasteiger partial charge in [-0.05, 0) is 42.2 Å². The lowest BCUT2D eigenvalue weighted by atomic mass is 10.1. The van der Waals surface area contributed by atoms with E-state index in [-0.39, 0.29) is 12.5 Å². The van der Waals surface area contributed by atoms with Crippen molar-refractivity contribution in [2.45, 2.75) is 25.0 Å². The van der Waals surface area contributed by atoms with Gasteiger partial charge in [-0.1, -0.05) is 13.3 Å². The third kappa shape index (κ3) is 4.40. The number of anilines is 1. The van der Waals surface area contributed by atoms with Gasteiger partial charge in [-0.3, -0.25) is 4.79 Å². The number of nitrogens with zero attached hydrogens (tertiary/aromatic N) is 2. The zero-order valence-electron chi connectivity index (χ0n) is 16.2. The number of rotatable bonds is 7. The van der Waals surface area contributed by atoms with Crippen LogP contribution in [-0.2, 0) is 14.3 Å². The molecule has 1 N–H and O–H groups in total. The summed E-state index contributed by atoms with van der Waals surface area (Å²) in [6.07, 6.45) is 3.27. The van der Waals surface area contributed by atoms with E-state index in [4.69, 9.17) is 0 Å². The SMILES string of the molecule is CCCCN1C(=O)C2SC=CC2=[N+](CC(=O)Nc2ccc(C(=O)OC)cc2)C1=O. The highest BCUT2D eigenvalue weighted by atomic mass is 32.2. The third-order valence-corrected chi connectivity index (χ3v) is 5.62. The van der Waals surface area contributed by atoms with Crippen molar-refractivity contribution in [2.24, 2.45) is 0 Å². The Morgan fingerprint density at radius 1 is 1.24 bits per heavy atom. The Bertz CT molecular complexity index is 907. The number of imide groups is 1. The molecule has 152 valence electrons. The second kappa shape index (κ2) is 9.04. The van der Waals surface area contributed by atoms with Crippen molar-refractivity contribution in [3.05, 3.63) is 41.3 Å². The van der Waals surface area contributed by atoms with Crippen molar-refractivity contribution in [1.29, 1.82) is 0 Å². The average molecular weight is 416 g/mol. The van der Waals surface area contributed by atoms with Gasteiger partial charge < -0.3 is 10.1 Å². The number of hydrogen-bond donors (Lipinski definition) is 1. The Morgan fingerprint density at radius 3 is 2.62 bits per heavy atom. The van der Waals surface area contributed by atoms with Gasteiger partial charge in [0.2, 0.25) is 0 Å². The van der Waals surface area contributed by atoms with Gasteiger partial charge in [-0.25, -0.2) is 9.59 Å². The molecular formula is C20H22N3O5S+. The Kier molecular flexibility index (Phi) is 6.48. The predicted octanol–water partition coefficient (Wildman–Crippen LogP) is 2.26. The van der Waals surface area contributed by atoms with Crippen LogP contribution in [0, 0.1) is 0 Å². The van der Waals surface area contributed by atoms with Crippen LogP contribution in [0.15, 0.2) is 35.7 Å². The Balaban J connectivity index is 1.75. The van der Waals surface area contributed by atoms with Gasteiger partial charge in [0, 0.05) is 5.69 Å². The highest BCUT2D eigenvalue weighted by molar-refractivity contribution is 8.04. The largest absolute Gasteiger partial charge is 0.501 e. The van der Waals surface area contributed by atoms with Gasteiger partial charge in [0.25, 0.3) is 5.91 Å². The van der Waals surface area contributed by atoms with Crippen LogP contribution in [-0.4, -0.2) is 64.5 Å². The molecule has 0 saturated heterocycles. The fourth-order valence-corrected chi connectivity index (χ4v) is 4.05. The molecule has 8 nitrogen and oxygen atoms in total. The van der Waals surface area contributed by atoms with Gasteiger partial charge in [-0.15, -0.1) is 11.8 Å². The zero-order chi connectivity index (χ0) is 21.0. The van der Waals surface area contributed by atoms with Crippen LogP contribution in [0.2, 0.25) is 0 Å². The first-order valence-corrected chi connectivity index (χ1v) is 10.2. The molecular weight excluding hydrogens is 394 g/mol. The number of allylic oxidation sites excluding steroid dienone is 1. The third-order valence-electron chi connectivity index (χ3n) is 4.61.